The lowest BCUT2D eigenvalue weighted by Crippen LogP contribution is -2.68. The number of aliphatic hydroxyl groups is 1. The maximum Gasteiger partial charge on any atom is 0.321 e. The number of carbonyl (C=O) groups excluding carboxylic acids is 1. The van der Waals surface area contributed by atoms with Crippen molar-refractivity contribution in [1.82, 2.24) is 9.80 Å². The number of urea groups is 1. The zero-order chi connectivity index (χ0) is 22.8. The van der Waals surface area contributed by atoms with Crippen LogP contribution in [0.25, 0.3) is 5.57 Å². The highest BCUT2D eigenvalue weighted by atomic mass is 19.1. The molecule has 0 radical (unpaired) electrons. The van der Waals surface area contributed by atoms with Crippen LogP contribution >= 0.6 is 0 Å². The zero-order valence-electron chi connectivity index (χ0n) is 18.9. The first-order chi connectivity index (χ1) is 16.2. The van der Waals surface area contributed by atoms with Crippen LogP contribution in [0.1, 0.15) is 49.1 Å². The van der Waals surface area contributed by atoms with Crippen molar-refractivity contribution >= 4 is 17.3 Å². The van der Waals surface area contributed by atoms with E-state index in [9.17, 15) is 14.3 Å². The lowest BCUT2D eigenvalue weighted by atomic mass is 9.74. The molecule has 2 aromatic rings. The number of nitrogens with one attached hydrogen (secondary N) is 1. The molecule has 2 fully saturated rings. The largest absolute Gasteiger partial charge is 0.395 e. The molecule has 1 aliphatic carbocycles. The number of hydrogen-bond acceptors (Lipinski definition) is 3. The third-order valence-electron chi connectivity index (χ3n) is 7.48. The number of allylic oxidation sites excluding steroid dienone is 2. The third kappa shape index (κ3) is 4.42. The molecular weight excluding hydrogens is 417 g/mol. The van der Waals surface area contributed by atoms with Gasteiger partial charge in [-0.2, -0.15) is 0 Å². The smallest absolute Gasteiger partial charge is 0.321 e. The van der Waals surface area contributed by atoms with Crippen LogP contribution in [-0.2, 0) is 0 Å². The number of benzene rings is 2. The summed E-state index contributed by atoms with van der Waals surface area (Å²) in [7, 11) is 0. The summed E-state index contributed by atoms with van der Waals surface area (Å²) in [6, 6.07) is 15.0. The number of nitrogens with zero attached hydrogens (tertiary/aromatic N) is 2. The predicted molar refractivity (Wildman–Crippen MR) is 129 cm³/mol. The number of amides is 2. The first-order valence-corrected chi connectivity index (χ1v) is 12.1. The average molecular weight is 450 g/mol. The minimum absolute atomic E-state index is 0.0705. The van der Waals surface area contributed by atoms with Crippen LogP contribution in [0.4, 0.5) is 14.9 Å². The van der Waals surface area contributed by atoms with Gasteiger partial charge in [0.1, 0.15) is 5.82 Å². The topological polar surface area (TPSA) is 55.8 Å². The Labute approximate surface area is 194 Å². The van der Waals surface area contributed by atoms with Crippen molar-refractivity contribution in [3.63, 3.8) is 0 Å². The molecule has 0 unspecified atom stereocenters. The van der Waals surface area contributed by atoms with Gasteiger partial charge >= 0.3 is 6.03 Å². The van der Waals surface area contributed by atoms with E-state index in [1.54, 1.807) is 18.2 Å². The van der Waals surface area contributed by atoms with Gasteiger partial charge in [-0.3, -0.25) is 4.90 Å². The van der Waals surface area contributed by atoms with Crippen LogP contribution < -0.4 is 5.32 Å². The molecule has 3 atom stereocenters. The number of anilines is 1. The predicted octanol–water partition coefficient (Wildman–Crippen LogP) is 4.85. The Balaban J connectivity index is 1.34. The fourth-order valence-electron chi connectivity index (χ4n) is 5.73. The molecule has 2 saturated heterocycles. The van der Waals surface area contributed by atoms with Gasteiger partial charge in [-0.05, 0) is 67.5 Å². The number of para-hydroxylation sites is 1. The number of carbonyl (C=O) groups is 1. The molecule has 2 heterocycles. The Bertz CT molecular complexity index is 1020. The molecule has 174 valence electrons. The second-order valence-electron chi connectivity index (χ2n) is 9.39. The lowest BCUT2D eigenvalue weighted by molar-refractivity contribution is -0.0585. The van der Waals surface area contributed by atoms with Crippen LogP contribution in [0.15, 0.2) is 54.6 Å². The van der Waals surface area contributed by atoms with Gasteiger partial charge in [0.25, 0.3) is 0 Å². The van der Waals surface area contributed by atoms with Crippen LogP contribution in [0, 0.1) is 5.82 Å². The van der Waals surface area contributed by atoms with Gasteiger partial charge in [-0.1, -0.05) is 42.5 Å². The molecule has 0 aromatic heterocycles. The molecule has 2 N–H and O–H groups in total. The average Bonchev–Trinajstić information content (AvgIpc) is 3.35. The Morgan fingerprint density at radius 3 is 2.58 bits per heavy atom. The highest BCUT2D eigenvalue weighted by Crippen LogP contribution is 2.42. The van der Waals surface area contributed by atoms with Crippen molar-refractivity contribution < 1.29 is 14.3 Å². The molecule has 2 amide bonds. The first kappa shape index (κ1) is 22.1. The van der Waals surface area contributed by atoms with Crippen LogP contribution in [0.5, 0.6) is 0 Å². The van der Waals surface area contributed by atoms with Crippen molar-refractivity contribution in [3.8, 4) is 0 Å². The fourth-order valence-corrected chi connectivity index (χ4v) is 5.73. The quantitative estimate of drug-likeness (QED) is 0.702. The fraction of sp³-hybridized carbons (Fsp3) is 0.444. The van der Waals surface area contributed by atoms with Gasteiger partial charge in [0.15, 0.2) is 0 Å². The molecule has 3 aliphatic rings. The van der Waals surface area contributed by atoms with Crippen molar-refractivity contribution in [3.05, 3.63) is 71.6 Å². The maximum absolute atomic E-state index is 14.1. The molecular formula is C27H32FN3O2. The van der Waals surface area contributed by atoms with Crippen molar-refractivity contribution in [2.75, 3.05) is 31.6 Å². The molecule has 2 aliphatic heterocycles. The second-order valence-corrected chi connectivity index (χ2v) is 9.39. The van der Waals surface area contributed by atoms with Crippen LogP contribution in [0.2, 0.25) is 0 Å². The molecule has 5 nitrogen and oxygen atoms in total. The normalized spacial score (nSPS) is 25.5. The number of hydrogen-bond donors (Lipinski definition) is 2. The van der Waals surface area contributed by atoms with E-state index in [-0.39, 0.29) is 36.3 Å². The SMILES string of the molecule is O=C(Nc1ccccc1F)N1CCCCN2[C@@H](CO)[C@H](c3ccc(C4=CCCC4)cc3)[C@@H]2C1. The summed E-state index contributed by atoms with van der Waals surface area (Å²) in [5, 5.41) is 12.9. The van der Waals surface area contributed by atoms with E-state index in [0.29, 0.717) is 13.1 Å². The highest BCUT2D eigenvalue weighted by molar-refractivity contribution is 5.89. The highest BCUT2D eigenvalue weighted by Gasteiger charge is 2.49. The van der Waals surface area contributed by atoms with Crippen molar-refractivity contribution in [2.45, 2.75) is 50.1 Å². The van der Waals surface area contributed by atoms with E-state index < -0.39 is 5.82 Å². The molecule has 0 spiro atoms. The van der Waals surface area contributed by atoms with E-state index in [4.69, 9.17) is 0 Å². The summed E-state index contributed by atoms with van der Waals surface area (Å²) >= 11 is 0. The summed E-state index contributed by atoms with van der Waals surface area (Å²) in [6.45, 7) is 2.25. The minimum atomic E-state index is -0.432. The van der Waals surface area contributed by atoms with E-state index >= 15 is 0 Å². The van der Waals surface area contributed by atoms with E-state index in [2.05, 4.69) is 40.6 Å². The van der Waals surface area contributed by atoms with Crippen molar-refractivity contribution in [1.29, 1.82) is 0 Å². The summed E-state index contributed by atoms with van der Waals surface area (Å²) in [6.07, 6.45) is 7.72. The molecule has 33 heavy (non-hydrogen) atoms. The van der Waals surface area contributed by atoms with E-state index in [0.717, 1.165) is 32.2 Å². The molecule has 5 rings (SSSR count). The summed E-state index contributed by atoms with van der Waals surface area (Å²) < 4.78 is 14.1. The summed E-state index contributed by atoms with van der Waals surface area (Å²) in [5.41, 5.74) is 4.14. The Kier molecular flexibility index (Phi) is 6.47. The van der Waals surface area contributed by atoms with Gasteiger partial charge in [-0.25, -0.2) is 9.18 Å². The van der Waals surface area contributed by atoms with Gasteiger partial charge in [0.05, 0.1) is 12.3 Å². The number of aliphatic hydroxyl groups excluding tert-OH is 1. The first-order valence-electron chi connectivity index (χ1n) is 12.1. The van der Waals surface area contributed by atoms with Crippen LogP contribution in [-0.4, -0.2) is 59.3 Å². The third-order valence-corrected chi connectivity index (χ3v) is 7.48. The minimum Gasteiger partial charge on any atom is -0.395 e. The monoisotopic (exact) mass is 449 g/mol. The second kappa shape index (κ2) is 9.65. The molecule has 0 bridgehead atoms. The zero-order valence-corrected chi connectivity index (χ0v) is 18.9. The standard InChI is InChI=1S/C27H32FN3O2/c28-22-9-3-4-10-23(22)29-27(33)30-15-5-6-16-31-24(17-30)26(25(31)18-32)21-13-11-20(12-14-21)19-7-1-2-8-19/h3-4,7,9-14,24-26,32H,1-2,5-6,8,15-18H2,(H,29,33)/t24-,25-,26+/m0/s1. The number of rotatable bonds is 4. The Morgan fingerprint density at radius 2 is 1.85 bits per heavy atom. The van der Waals surface area contributed by atoms with Gasteiger partial charge in [0, 0.05) is 31.1 Å². The van der Waals surface area contributed by atoms with E-state index in [1.807, 2.05) is 4.90 Å². The Morgan fingerprint density at radius 1 is 1.06 bits per heavy atom. The van der Waals surface area contributed by atoms with Crippen LogP contribution in [0.3, 0.4) is 0 Å². The summed E-state index contributed by atoms with van der Waals surface area (Å²) in [4.78, 5) is 17.2. The van der Waals surface area contributed by atoms with Crippen molar-refractivity contribution in [2.24, 2.45) is 0 Å². The lowest BCUT2D eigenvalue weighted by Gasteiger charge is -2.57. The maximum atomic E-state index is 14.1. The Hall–Kier alpha value is -2.70. The molecule has 2 aromatic carbocycles. The van der Waals surface area contributed by atoms with Gasteiger partial charge in [-0.15, -0.1) is 0 Å². The van der Waals surface area contributed by atoms with Gasteiger partial charge in [0.2, 0.25) is 0 Å². The number of fused-ring (bicyclic) bond motifs is 1. The summed E-state index contributed by atoms with van der Waals surface area (Å²) in [5.74, 6) is -0.262. The molecule has 6 heteroatoms. The number of halogens is 1. The van der Waals surface area contributed by atoms with Gasteiger partial charge < -0.3 is 15.3 Å². The van der Waals surface area contributed by atoms with E-state index in [1.165, 1.54) is 29.2 Å². The molecule has 0 saturated carbocycles.